The molecule has 0 aliphatic rings. The summed E-state index contributed by atoms with van der Waals surface area (Å²) in [5.41, 5.74) is 5.30. The first-order chi connectivity index (χ1) is 12.3. The molecule has 124 valence electrons. The highest BCUT2D eigenvalue weighted by molar-refractivity contribution is 5.70. The van der Waals surface area contributed by atoms with Crippen molar-refractivity contribution in [3.05, 3.63) is 73.2 Å². The van der Waals surface area contributed by atoms with Crippen molar-refractivity contribution in [1.29, 1.82) is 0 Å². The highest BCUT2D eigenvalue weighted by Crippen LogP contribution is 2.25. The highest BCUT2D eigenvalue weighted by Gasteiger charge is 2.07. The van der Waals surface area contributed by atoms with E-state index in [0.29, 0.717) is 12.5 Å². The van der Waals surface area contributed by atoms with Crippen molar-refractivity contribution >= 4 is 5.65 Å². The number of hydrogen-bond acceptors (Lipinski definition) is 3. The van der Waals surface area contributed by atoms with Gasteiger partial charge in [0.25, 0.3) is 0 Å². The minimum Gasteiger partial charge on any atom is -0.478 e. The Labute approximate surface area is 146 Å². The van der Waals surface area contributed by atoms with Crippen LogP contribution in [0.3, 0.4) is 0 Å². The van der Waals surface area contributed by atoms with Gasteiger partial charge in [0.1, 0.15) is 5.65 Å². The molecule has 25 heavy (non-hydrogen) atoms. The van der Waals surface area contributed by atoms with Crippen molar-refractivity contribution in [1.82, 2.24) is 14.4 Å². The first-order valence-corrected chi connectivity index (χ1v) is 8.47. The third-order valence-electron chi connectivity index (χ3n) is 4.11. The Morgan fingerprint density at radius 2 is 1.76 bits per heavy atom. The average molecular weight is 329 g/mol. The number of ether oxygens (including phenoxy) is 1. The second-order valence-corrected chi connectivity index (χ2v) is 5.89. The van der Waals surface area contributed by atoms with Gasteiger partial charge in [-0.3, -0.25) is 4.40 Å². The van der Waals surface area contributed by atoms with Crippen LogP contribution in [0.5, 0.6) is 5.88 Å². The van der Waals surface area contributed by atoms with E-state index in [4.69, 9.17) is 4.74 Å². The Kier molecular flexibility index (Phi) is 4.17. The van der Waals surface area contributed by atoms with Crippen LogP contribution in [0.4, 0.5) is 0 Å². The summed E-state index contributed by atoms with van der Waals surface area (Å²) in [5.74, 6) is 0.666. The molecule has 0 amide bonds. The van der Waals surface area contributed by atoms with Crippen LogP contribution in [0, 0.1) is 0 Å². The molecular weight excluding hydrogens is 310 g/mol. The van der Waals surface area contributed by atoms with E-state index < -0.39 is 0 Å². The molecule has 0 bridgehead atoms. The average Bonchev–Trinajstić information content (AvgIpc) is 3.10. The first kappa shape index (κ1) is 15.4. The Morgan fingerprint density at radius 1 is 0.880 bits per heavy atom. The van der Waals surface area contributed by atoms with E-state index in [0.717, 1.165) is 34.5 Å². The lowest BCUT2D eigenvalue weighted by Crippen LogP contribution is -1.96. The molecule has 3 heterocycles. The van der Waals surface area contributed by atoms with E-state index in [-0.39, 0.29) is 0 Å². The largest absolute Gasteiger partial charge is 0.478 e. The van der Waals surface area contributed by atoms with Crippen molar-refractivity contribution < 1.29 is 4.74 Å². The summed E-state index contributed by atoms with van der Waals surface area (Å²) in [4.78, 5) is 8.93. The first-order valence-electron chi connectivity index (χ1n) is 8.47. The van der Waals surface area contributed by atoms with Gasteiger partial charge in [-0.05, 0) is 30.2 Å². The summed E-state index contributed by atoms with van der Waals surface area (Å²) in [5, 5.41) is 0. The summed E-state index contributed by atoms with van der Waals surface area (Å²) < 4.78 is 7.64. The molecule has 0 unspecified atom stereocenters. The summed E-state index contributed by atoms with van der Waals surface area (Å²) in [6.45, 7) is 2.77. The summed E-state index contributed by atoms with van der Waals surface area (Å²) >= 11 is 0. The molecule has 0 fully saturated rings. The smallest absolute Gasteiger partial charge is 0.213 e. The lowest BCUT2D eigenvalue weighted by molar-refractivity contribution is 0.305. The maximum Gasteiger partial charge on any atom is 0.213 e. The molecule has 4 rings (SSSR count). The molecule has 4 nitrogen and oxygen atoms in total. The molecule has 0 saturated carbocycles. The second kappa shape index (κ2) is 6.77. The minimum absolute atomic E-state index is 0.666. The summed E-state index contributed by atoms with van der Waals surface area (Å²) in [6.07, 6.45) is 6.79. The predicted molar refractivity (Wildman–Crippen MR) is 99.6 cm³/mol. The van der Waals surface area contributed by atoms with Crippen molar-refractivity contribution in [2.45, 2.75) is 13.3 Å². The molecule has 0 aliphatic carbocycles. The number of nitrogens with zero attached hydrogens (tertiary/aromatic N) is 3. The topological polar surface area (TPSA) is 39.4 Å². The van der Waals surface area contributed by atoms with Gasteiger partial charge in [0.05, 0.1) is 18.5 Å². The van der Waals surface area contributed by atoms with Crippen LogP contribution in [-0.4, -0.2) is 21.0 Å². The molecule has 0 N–H and O–H groups in total. The molecule has 0 aliphatic heterocycles. The van der Waals surface area contributed by atoms with E-state index in [9.17, 15) is 0 Å². The van der Waals surface area contributed by atoms with Gasteiger partial charge in [0.15, 0.2) is 0 Å². The Hall–Kier alpha value is -3.14. The van der Waals surface area contributed by atoms with Gasteiger partial charge in [-0.1, -0.05) is 37.3 Å². The van der Waals surface area contributed by atoms with Gasteiger partial charge in [-0.15, -0.1) is 0 Å². The Morgan fingerprint density at radius 3 is 2.52 bits per heavy atom. The van der Waals surface area contributed by atoms with Gasteiger partial charge in [0.2, 0.25) is 5.88 Å². The number of benzene rings is 1. The monoisotopic (exact) mass is 329 g/mol. The maximum atomic E-state index is 5.54. The summed E-state index contributed by atoms with van der Waals surface area (Å²) in [7, 11) is 0. The molecule has 4 aromatic rings. The van der Waals surface area contributed by atoms with Crippen LogP contribution in [0.2, 0.25) is 0 Å². The fraction of sp³-hybridized carbons (Fsp3) is 0.143. The molecule has 0 saturated heterocycles. The zero-order valence-electron chi connectivity index (χ0n) is 14.1. The third-order valence-corrected chi connectivity index (χ3v) is 4.11. The maximum absolute atomic E-state index is 5.54. The second-order valence-electron chi connectivity index (χ2n) is 5.89. The number of imidazole rings is 1. The highest BCUT2D eigenvalue weighted by atomic mass is 16.5. The fourth-order valence-corrected chi connectivity index (χ4v) is 2.83. The normalized spacial score (nSPS) is 10.9. The number of hydrogen-bond donors (Lipinski definition) is 0. The van der Waals surface area contributed by atoms with Gasteiger partial charge >= 0.3 is 0 Å². The van der Waals surface area contributed by atoms with Crippen molar-refractivity contribution in [3.8, 4) is 28.3 Å². The van der Waals surface area contributed by atoms with Crippen LogP contribution in [0.15, 0.2) is 73.2 Å². The molecule has 0 spiro atoms. The van der Waals surface area contributed by atoms with Gasteiger partial charge in [0, 0.05) is 29.6 Å². The predicted octanol–water partition coefficient (Wildman–Crippen LogP) is 4.85. The van der Waals surface area contributed by atoms with E-state index >= 15 is 0 Å². The SMILES string of the molecule is CCCOc1ccc(-c2ccn3c(-c4ccccc4)cnc3c2)cn1. The van der Waals surface area contributed by atoms with Crippen LogP contribution >= 0.6 is 0 Å². The molecule has 0 atom stereocenters. The van der Waals surface area contributed by atoms with Gasteiger partial charge < -0.3 is 4.74 Å². The van der Waals surface area contributed by atoms with Crippen molar-refractivity contribution in [2.75, 3.05) is 6.61 Å². The summed E-state index contributed by atoms with van der Waals surface area (Å²) in [6, 6.07) is 18.4. The number of pyridine rings is 2. The standard InChI is InChI=1S/C21H19N3O/c1-2-12-25-21-9-8-18(14-23-21)17-10-11-24-19(15-22-20(24)13-17)16-6-4-3-5-7-16/h3-11,13-15H,2,12H2,1H3. The van der Waals surface area contributed by atoms with E-state index in [1.165, 1.54) is 0 Å². The van der Waals surface area contributed by atoms with E-state index in [2.05, 4.69) is 51.8 Å². The zero-order valence-corrected chi connectivity index (χ0v) is 14.1. The van der Waals surface area contributed by atoms with Gasteiger partial charge in [-0.25, -0.2) is 9.97 Å². The van der Waals surface area contributed by atoms with Crippen LogP contribution in [0.25, 0.3) is 28.0 Å². The van der Waals surface area contributed by atoms with E-state index in [1.54, 1.807) is 0 Å². The van der Waals surface area contributed by atoms with Gasteiger partial charge in [-0.2, -0.15) is 0 Å². The van der Waals surface area contributed by atoms with Crippen molar-refractivity contribution in [3.63, 3.8) is 0 Å². The lowest BCUT2D eigenvalue weighted by atomic mass is 10.1. The van der Waals surface area contributed by atoms with E-state index in [1.807, 2.05) is 42.7 Å². The number of aromatic nitrogens is 3. The Bertz CT molecular complexity index is 975. The molecule has 4 heteroatoms. The lowest BCUT2D eigenvalue weighted by Gasteiger charge is -2.06. The van der Waals surface area contributed by atoms with Crippen LogP contribution in [-0.2, 0) is 0 Å². The third kappa shape index (κ3) is 3.11. The number of rotatable bonds is 5. The quantitative estimate of drug-likeness (QED) is 0.525. The minimum atomic E-state index is 0.666. The molecule has 1 aromatic carbocycles. The fourth-order valence-electron chi connectivity index (χ4n) is 2.83. The van der Waals surface area contributed by atoms with Crippen LogP contribution < -0.4 is 4.74 Å². The molecular formula is C21H19N3O. The zero-order chi connectivity index (χ0) is 17.1. The van der Waals surface area contributed by atoms with Crippen molar-refractivity contribution in [2.24, 2.45) is 0 Å². The Balaban J connectivity index is 1.66. The molecule has 3 aromatic heterocycles. The molecule has 0 radical (unpaired) electrons. The number of fused-ring (bicyclic) bond motifs is 1. The van der Waals surface area contributed by atoms with Crippen LogP contribution in [0.1, 0.15) is 13.3 Å².